The Morgan fingerprint density at radius 1 is 1.44 bits per heavy atom. The molecule has 0 N–H and O–H groups in total. The van der Waals surface area contributed by atoms with Crippen LogP contribution < -0.4 is 0 Å². The summed E-state index contributed by atoms with van der Waals surface area (Å²) in [7, 11) is 1.60. The van der Waals surface area contributed by atoms with E-state index in [1.165, 1.54) is 16.9 Å². The summed E-state index contributed by atoms with van der Waals surface area (Å²) in [4.78, 5) is 11.8. The number of aromatic nitrogens is 3. The molecule has 0 fully saturated rings. The number of Topliss-reactive ketones (excluding diaryl/α,β-unsaturated/α-hetero) is 1. The molecule has 0 radical (unpaired) electrons. The number of hydrogen-bond acceptors (Lipinski definition) is 3. The van der Waals surface area contributed by atoms with Crippen molar-refractivity contribution in [3.05, 3.63) is 45.7 Å². The SMILES string of the molecule is Cn1cc(C(=O)Cc2c(F)ccc(Br)c2F)nn1. The second-order valence-corrected chi connectivity index (χ2v) is 4.55. The van der Waals surface area contributed by atoms with Crippen LogP contribution in [0.1, 0.15) is 16.1 Å². The number of benzene rings is 1. The Hall–Kier alpha value is -1.63. The predicted molar refractivity (Wildman–Crippen MR) is 63.1 cm³/mol. The second kappa shape index (κ2) is 4.93. The Labute approximate surface area is 110 Å². The molecule has 1 aromatic carbocycles. The molecule has 0 unspecified atom stereocenters. The van der Waals surface area contributed by atoms with Gasteiger partial charge in [0, 0.05) is 19.0 Å². The van der Waals surface area contributed by atoms with Gasteiger partial charge in [-0.3, -0.25) is 9.48 Å². The van der Waals surface area contributed by atoms with E-state index in [0.29, 0.717) is 0 Å². The van der Waals surface area contributed by atoms with E-state index >= 15 is 0 Å². The normalized spacial score (nSPS) is 10.7. The lowest BCUT2D eigenvalue weighted by Gasteiger charge is -2.04. The number of carbonyl (C=O) groups is 1. The van der Waals surface area contributed by atoms with Crippen LogP contribution in [0.3, 0.4) is 0 Å². The van der Waals surface area contributed by atoms with Gasteiger partial charge >= 0.3 is 0 Å². The highest BCUT2D eigenvalue weighted by molar-refractivity contribution is 9.10. The first-order valence-corrected chi connectivity index (χ1v) is 5.80. The van der Waals surface area contributed by atoms with E-state index in [1.54, 1.807) is 7.05 Å². The number of ketones is 1. The van der Waals surface area contributed by atoms with Crippen LogP contribution in [0.25, 0.3) is 0 Å². The molecule has 0 amide bonds. The molecule has 1 heterocycles. The predicted octanol–water partition coefficient (Wildman–Crippen LogP) is 2.28. The molecular formula is C11H8BrF2N3O. The van der Waals surface area contributed by atoms with E-state index in [1.807, 2.05) is 0 Å². The zero-order valence-electron chi connectivity index (χ0n) is 9.32. The van der Waals surface area contributed by atoms with Gasteiger partial charge in [-0.1, -0.05) is 5.21 Å². The quantitative estimate of drug-likeness (QED) is 0.645. The highest BCUT2D eigenvalue weighted by atomic mass is 79.9. The molecule has 0 saturated carbocycles. The van der Waals surface area contributed by atoms with Crippen LogP contribution in [-0.2, 0) is 13.5 Å². The van der Waals surface area contributed by atoms with Gasteiger partial charge in [-0.15, -0.1) is 5.10 Å². The van der Waals surface area contributed by atoms with Crippen molar-refractivity contribution in [2.75, 3.05) is 0 Å². The Kier molecular flexibility index (Phi) is 3.51. The highest BCUT2D eigenvalue weighted by Crippen LogP contribution is 2.22. The fourth-order valence-electron chi connectivity index (χ4n) is 1.46. The number of rotatable bonds is 3. The fraction of sp³-hybridized carbons (Fsp3) is 0.182. The van der Waals surface area contributed by atoms with E-state index in [9.17, 15) is 13.6 Å². The zero-order chi connectivity index (χ0) is 13.3. The summed E-state index contributed by atoms with van der Waals surface area (Å²) in [5, 5.41) is 7.19. The van der Waals surface area contributed by atoms with E-state index < -0.39 is 23.8 Å². The summed E-state index contributed by atoms with van der Waals surface area (Å²) < 4.78 is 28.6. The number of carbonyl (C=O) groups excluding carboxylic acids is 1. The van der Waals surface area contributed by atoms with Gasteiger partial charge in [-0.05, 0) is 28.1 Å². The molecule has 94 valence electrons. The third-order valence-corrected chi connectivity index (χ3v) is 2.98. The maximum Gasteiger partial charge on any atom is 0.189 e. The maximum atomic E-state index is 13.7. The van der Waals surface area contributed by atoms with Crippen molar-refractivity contribution >= 4 is 21.7 Å². The van der Waals surface area contributed by atoms with Gasteiger partial charge in [0.15, 0.2) is 5.78 Å². The zero-order valence-corrected chi connectivity index (χ0v) is 10.9. The Morgan fingerprint density at radius 2 is 2.17 bits per heavy atom. The smallest absolute Gasteiger partial charge is 0.189 e. The van der Waals surface area contributed by atoms with E-state index in [4.69, 9.17) is 0 Å². The van der Waals surface area contributed by atoms with Crippen LogP contribution in [0.5, 0.6) is 0 Å². The molecule has 0 spiro atoms. The van der Waals surface area contributed by atoms with Crippen molar-refractivity contribution in [1.82, 2.24) is 15.0 Å². The molecule has 2 rings (SSSR count). The molecule has 0 saturated heterocycles. The molecule has 4 nitrogen and oxygen atoms in total. The van der Waals surface area contributed by atoms with E-state index in [-0.39, 0.29) is 15.7 Å². The third-order valence-electron chi connectivity index (χ3n) is 2.36. The molecule has 0 aliphatic heterocycles. The average molecular weight is 316 g/mol. The van der Waals surface area contributed by atoms with Crippen LogP contribution in [0.2, 0.25) is 0 Å². The van der Waals surface area contributed by atoms with Crippen molar-refractivity contribution in [2.24, 2.45) is 7.05 Å². The summed E-state index contributed by atoms with van der Waals surface area (Å²) in [6.45, 7) is 0. The largest absolute Gasteiger partial charge is 0.292 e. The van der Waals surface area contributed by atoms with Gasteiger partial charge < -0.3 is 0 Å². The molecular weight excluding hydrogens is 308 g/mol. The second-order valence-electron chi connectivity index (χ2n) is 3.70. The first-order chi connectivity index (χ1) is 8.49. The standard InChI is InChI=1S/C11H8BrF2N3O/c1-17-5-9(15-16-17)10(18)4-6-8(13)3-2-7(12)11(6)14/h2-3,5H,4H2,1H3. The van der Waals surface area contributed by atoms with Crippen LogP contribution in [0.15, 0.2) is 22.8 Å². The minimum absolute atomic E-state index is 0.0799. The minimum atomic E-state index is -0.771. The Balaban J connectivity index is 2.30. The van der Waals surface area contributed by atoms with Crippen molar-refractivity contribution < 1.29 is 13.6 Å². The topological polar surface area (TPSA) is 47.8 Å². The lowest BCUT2D eigenvalue weighted by molar-refractivity contribution is 0.0985. The minimum Gasteiger partial charge on any atom is -0.292 e. The molecule has 1 aromatic heterocycles. The fourth-order valence-corrected chi connectivity index (χ4v) is 1.83. The lowest BCUT2D eigenvalue weighted by Crippen LogP contribution is -2.08. The number of hydrogen-bond donors (Lipinski definition) is 0. The highest BCUT2D eigenvalue weighted by Gasteiger charge is 2.18. The lowest BCUT2D eigenvalue weighted by atomic mass is 10.1. The number of halogens is 3. The summed E-state index contributed by atoms with van der Waals surface area (Å²) >= 11 is 2.95. The van der Waals surface area contributed by atoms with E-state index in [0.717, 1.165) is 6.07 Å². The van der Waals surface area contributed by atoms with Crippen LogP contribution in [0, 0.1) is 11.6 Å². The summed E-state index contributed by atoms with van der Waals surface area (Å²) in [5.41, 5.74) is -0.198. The van der Waals surface area contributed by atoms with Gasteiger partial charge in [0.05, 0.1) is 10.7 Å². The number of nitrogens with zero attached hydrogens (tertiary/aromatic N) is 3. The van der Waals surface area contributed by atoms with Gasteiger partial charge in [-0.2, -0.15) is 0 Å². The molecule has 0 aliphatic carbocycles. The van der Waals surface area contributed by atoms with Crippen LogP contribution in [0.4, 0.5) is 8.78 Å². The summed E-state index contributed by atoms with van der Waals surface area (Å²) in [6.07, 6.45) is 1.01. The molecule has 7 heteroatoms. The van der Waals surface area contributed by atoms with Gasteiger partial charge in [0.1, 0.15) is 17.3 Å². The molecule has 0 atom stereocenters. The van der Waals surface area contributed by atoms with Gasteiger partial charge in [0.25, 0.3) is 0 Å². The van der Waals surface area contributed by atoms with Crippen LogP contribution in [-0.4, -0.2) is 20.8 Å². The summed E-state index contributed by atoms with van der Waals surface area (Å²) in [6, 6.07) is 2.35. The summed E-state index contributed by atoms with van der Waals surface area (Å²) in [5.74, 6) is -2.01. The third kappa shape index (κ3) is 2.45. The molecule has 2 aromatic rings. The first-order valence-electron chi connectivity index (χ1n) is 5.01. The van der Waals surface area contributed by atoms with Crippen molar-refractivity contribution in [3.63, 3.8) is 0 Å². The van der Waals surface area contributed by atoms with Crippen molar-refractivity contribution in [2.45, 2.75) is 6.42 Å². The average Bonchev–Trinajstić information content (AvgIpc) is 2.76. The van der Waals surface area contributed by atoms with Crippen molar-refractivity contribution in [1.29, 1.82) is 0 Å². The molecule has 0 bridgehead atoms. The van der Waals surface area contributed by atoms with Crippen LogP contribution >= 0.6 is 15.9 Å². The van der Waals surface area contributed by atoms with E-state index in [2.05, 4.69) is 26.2 Å². The first kappa shape index (κ1) is 12.8. The molecule has 18 heavy (non-hydrogen) atoms. The Morgan fingerprint density at radius 3 is 2.78 bits per heavy atom. The number of aryl methyl sites for hydroxylation is 1. The Bertz CT molecular complexity index is 612. The van der Waals surface area contributed by atoms with Crippen molar-refractivity contribution in [3.8, 4) is 0 Å². The monoisotopic (exact) mass is 315 g/mol. The van der Waals surface area contributed by atoms with Gasteiger partial charge in [-0.25, -0.2) is 8.78 Å². The van der Waals surface area contributed by atoms with Gasteiger partial charge in [0.2, 0.25) is 0 Å². The molecule has 0 aliphatic rings. The maximum absolute atomic E-state index is 13.7.